The highest BCUT2D eigenvalue weighted by molar-refractivity contribution is 5.79. The predicted molar refractivity (Wildman–Crippen MR) is 67.1 cm³/mol. The summed E-state index contributed by atoms with van der Waals surface area (Å²) >= 11 is 0. The summed E-state index contributed by atoms with van der Waals surface area (Å²) in [4.78, 5) is 4.38. The summed E-state index contributed by atoms with van der Waals surface area (Å²) in [5, 5.41) is 7.58. The molecule has 4 N–H and O–H groups in total. The third-order valence-corrected chi connectivity index (χ3v) is 3.00. The molecule has 1 aliphatic rings. The standard InChI is InChI=1S/C11H20N6/c1-17-7-6-10(16-17)8-13-11(15-12)14-9-4-2-3-5-9/h6-7,9H,2-5,8,12H2,1H3,(H2,13,14,15). The van der Waals surface area contributed by atoms with Gasteiger partial charge in [0.15, 0.2) is 0 Å². The molecule has 1 aromatic heterocycles. The number of hydrogen-bond donors (Lipinski definition) is 3. The molecule has 0 atom stereocenters. The van der Waals surface area contributed by atoms with Gasteiger partial charge in [0.2, 0.25) is 5.96 Å². The quantitative estimate of drug-likeness (QED) is 0.305. The summed E-state index contributed by atoms with van der Waals surface area (Å²) in [6.45, 7) is 0.542. The van der Waals surface area contributed by atoms with Gasteiger partial charge >= 0.3 is 0 Å². The van der Waals surface area contributed by atoms with E-state index in [-0.39, 0.29) is 0 Å². The Labute approximate surface area is 101 Å². The van der Waals surface area contributed by atoms with Crippen molar-refractivity contribution >= 4 is 5.96 Å². The number of hydrogen-bond acceptors (Lipinski definition) is 3. The number of nitrogens with two attached hydrogens (primary N) is 1. The second-order valence-electron chi connectivity index (χ2n) is 4.42. The Morgan fingerprint density at radius 2 is 2.35 bits per heavy atom. The average molecular weight is 236 g/mol. The Bertz CT molecular complexity index is 377. The van der Waals surface area contributed by atoms with Gasteiger partial charge in [0, 0.05) is 19.3 Å². The van der Waals surface area contributed by atoms with Crippen LogP contribution in [0.5, 0.6) is 0 Å². The van der Waals surface area contributed by atoms with E-state index in [4.69, 9.17) is 5.84 Å². The Hall–Kier alpha value is -1.56. The molecule has 1 aliphatic carbocycles. The van der Waals surface area contributed by atoms with Gasteiger partial charge in [-0.1, -0.05) is 12.8 Å². The first-order valence-electron chi connectivity index (χ1n) is 6.04. The Kier molecular flexibility index (Phi) is 3.98. The van der Waals surface area contributed by atoms with Crippen LogP contribution in [0.1, 0.15) is 31.4 Å². The largest absolute Gasteiger partial charge is 0.353 e. The van der Waals surface area contributed by atoms with Crippen molar-refractivity contribution in [1.82, 2.24) is 20.5 Å². The SMILES string of the molecule is Cn1ccc(CN=C(NN)NC2CCCC2)n1. The van der Waals surface area contributed by atoms with Crippen LogP contribution in [-0.4, -0.2) is 21.8 Å². The van der Waals surface area contributed by atoms with Gasteiger partial charge in [0.1, 0.15) is 0 Å². The van der Waals surface area contributed by atoms with E-state index < -0.39 is 0 Å². The van der Waals surface area contributed by atoms with Crippen molar-refractivity contribution in [3.8, 4) is 0 Å². The molecule has 2 rings (SSSR count). The minimum atomic E-state index is 0.508. The maximum atomic E-state index is 5.45. The fourth-order valence-corrected chi connectivity index (χ4v) is 2.10. The highest BCUT2D eigenvalue weighted by Gasteiger charge is 2.15. The van der Waals surface area contributed by atoms with Gasteiger partial charge in [0.05, 0.1) is 12.2 Å². The summed E-state index contributed by atoms with van der Waals surface area (Å²) in [5.41, 5.74) is 3.55. The van der Waals surface area contributed by atoms with E-state index in [1.165, 1.54) is 25.7 Å². The Balaban J connectivity index is 1.88. The van der Waals surface area contributed by atoms with Crippen molar-refractivity contribution in [1.29, 1.82) is 0 Å². The number of guanidine groups is 1. The van der Waals surface area contributed by atoms with Crippen LogP contribution in [-0.2, 0) is 13.6 Å². The molecule has 1 aromatic rings. The fourth-order valence-electron chi connectivity index (χ4n) is 2.10. The molecule has 17 heavy (non-hydrogen) atoms. The zero-order valence-corrected chi connectivity index (χ0v) is 10.2. The average Bonchev–Trinajstić information content (AvgIpc) is 2.96. The third kappa shape index (κ3) is 3.45. The van der Waals surface area contributed by atoms with E-state index in [9.17, 15) is 0 Å². The van der Waals surface area contributed by atoms with Gasteiger partial charge in [-0.15, -0.1) is 0 Å². The third-order valence-electron chi connectivity index (χ3n) is 3.00. The van der Waals surface area contributed by atoms with Crippen molar-refractivity contribution in [3.63, 3.8) is 0 Å². The van der Waals surface area contributed by atoms with Gasteiger partial charge in [-0.2, -0.15) is 5.10 Å². The van der Waals surface area contributed by atoms with Gasteiger partial charge in [-0.3, -0.25) is 10.1 Å². The fraction of sp³-hybridized carbons (Fsp3) is 0.636. The maximum Gasteiger partial charge on any atom is 0.206 e. The monoisotopic (exact) mass is 236 g/mol. The molecule has 0 bridgehead atoms. The minimum absolute atomic E-state index is 0.508. The molecule has 0 aliphatic heterocycles. The van der Waals surface area contributed by atoms with Gasteiger partial charge < -0.3 is 5.32 Å². The molecule has 0 saturated heterocycles. The van der Waals surface area contributed by atoms with E-state index in [1.54, 1.807) is 4.68 Å². The van der Waals surface area contributed by atoms with Gasteiger partial charge in [-0.05, 0) is 18.9 Å². The highest BCUT2D eigenvalue weighted by atomic mass is 15.3. The van der Waals surface area contributed by atoms with Crippen LogP contribution in [0.3, 0.4) is 0 Å². The zero-order chi connectivity index (χ0) is 12.1. The second kappa shape index (κ2) is 5.67. The van der Waals surface area contributed by atoms with E-state index in [2.05, 4.69) is 20.8 Å². The molecular weight excluding hydrogens is 216 g/mol. The molecule has 0 radical (unpaired) electrons. The smallest absolute Gasteiger partial charge is 0.206 e. The van der Waals surface area contributed by atoms with Crippen molar-refractivity contribution in [2.24, 2.45) is 17.9 Å². The molecule has 94 valence electrons. The number of aromatic nitrogens is 2. The summed E-state index contributed by atoms with van der Waals surface area (Å²) in [5.74, 6) is 6.11. The first-order chi connectivity index (χ1) is 8.28. The Morgan fingerprint density at radius 3 is 2.94 bits per heavy atom. The number of nitrogens with zero attached hydrogens (tertiary/aromatic N) is 3. The number of aliphatic imine (C=N–C) groups is 1. The first-order valence-corrected chi connectivity index (χ1v) is 6.04. The number of rotatable bonds is 3. The molecule has 0 unspecified atom stereocenters. The predicted octanol–water partition coefficient (Wildman–Crippen LogP) is 0.272. The van der Waals surface area contributed by atoms with Crippen molar-refractivity contribution in [3.05, 3.63) is 18.0 Å². The van der Waals surface area contributed by atoms with Gasteiger partial charge in [-0.25, -0.2) is 10.8 Å². The molecule has 1 saturated carbocycles. The lowest BCUT2D eigenvalue weighted by Gasteiger charge is -2.14. The van der Waals surface area contributed by atoms with Crippen LogP contribution >= 0.6 is 0 Å². The Morgan fingerprint density at radius 1 is 1.59 bits per heavy atom. The zero-order valence-electron chi connectivity index (χ0n) is 10.2. The van der Waals surface area contributed by atoms with Crippen molar-refractivity contribution in [2.75, 3.05) is 0 Å². The maximum absolute atomic E-state index is 5.45. The first kappa shape index (κ1) is 11.9. The molecule has 0 spiro atoms. The molecule has 1 heterocycles. The number of hydrazine groups is 1. The molecule has 6 heteroatoms. The van der Waals surface area contributed by atoms with Crippen LogP contribution in [0.25, 0.3) is 0 Å². The summed E-state index contributed by atoms with van der Waals surface area (Å²) in [7, 11) is 1.89. The number of nitrogens with one attached hydrogen (secondary N) is 2. The van der Waals surface area contributed by atoms with E-state index in [0.717, 1.165) is 5.69 Å². The van der Waals surface area contributed by atoms with Crippen molar-refractivity contribution < 1.29 is 0 Å². The van der Waals surface area contributed by atoms with Gasteiger partial charge in [0.25, 0.3) is 0 Å². The molecular formula is C11H20N6. The minimum Gasteiger partial charge on any atom is -0.353 e. The van der Waals surface area contributed by atoms with Crippen LogP contribution in [0.2, 0.25) is 0 Å². The molecule has 6 nitrogen and oxygen atoms in total. The summed E-state index contributed by atoms with van der Waals surface area (Å²) in [6.07, 6.45) is 6.88. The van der Waals surface area contributed by atoms with Crippen LogP contribution < -0.4 is 16.6 Å². The summed E-state index contributed by atoms with van der Waals surface area (Å²) < 4.78 is 1.77. The topological polar surface area (TPSA) is 80.3 Å². The molecule has 1 fully saturated rings. The van der Waals surface area contributed by atoms with Crippen molar-refractivity contribution in [2.45, 2.75) is 38.3 Å². The van der Waals surface area contributed by atoms with E-state index in [0.29, 0.717) is 18.5 Å². The van der Waals surface area contributed by atoms with Crippen LogP contribution in [0, 0.1) is 0 Å². The van der Waals surface area contributed by atoms with Crippen LogP contribution in [0.15, 0.2) is 17.3 Å². The highest BCUT2D eigenvalue weighted by Crippen LogP contribution is 2.17. The normalized spacial score (nSPS) is 17.4. The van der Waals surface area contributed by atoms with E-state index in [1.807, 2.05) is 19.3 Å². The lowest BCUT2D eigenvalue weighted by atomic mass is 10.2. The second-order valence-corrected chi connectivity index (χ2v) is 4.42. The lowest BCUT2D eigenvalue weighted by Crippen LogP contribution is -2.45. The van der Waals surface area contributed by atoms with Crippen LogP contribution in [0.4, 0.5) is 0 Å². The molecule has 0 amide bonds. The number of aryl methyl sites for hydroxylation is 1. The lowest BCUT2D eigenvalue weighted by molar-refractivity contribution is 0.613. The summed E-state index contributed by atoms with van der Waals surface area (Å²) in [6, 6.07) is 2.46. The van der Waals surface area contributed by atoms with E-state index >= 15 is 0 Å². The molecule has 0 aromatic carbocycles.